The summed E-state index contributed by atoms with van der Waals surface area (Å²) in [6, 6.07) is 13.3. The van der Waals surface area contributed by atoms with E-state index in [0.717, 1.165) is 33.8 Å². The molecule has 0 saturated carbocycles. The number of rotatable bonds is 6. The van der Waals surface area contributed by atoms with Crippen molar-refractivity contribution in [1.82, 2.24) is 15.3 Å². The molecule has 2 N–H and O–H groups in total. The largest absolute Gasteiger partial charge is 0.443 e. The van der Waals surface area contributed by atoms with E-state index in [1.165, 1.54) is 0 Å². The maximum absolute atomic E-state index is 12.0. The van der Waals surface area contributed by atoms with E-state index in [0.29, 0.717) is 35.1 Å². The summed E-state index contributed by atoms with van der Waals surface area (Å²) in [6.45, 7) is 4.07. The zero-order chi connectivity index (χ0) is 23.5. The molecule has 172 valence electrons. The minimum Gasteiger partial charge on any atom is -0.443 e. The lowest BCUT2D eigenvalue weighted by molar-refractivity contribution is 0.0944. The fraction of sp³-hybridized carbons (Fsp3) is 0.320. The van der Waals surface area contributed by atoms with Crippen LogP contribution in [0.25, 0.3) is 11.3 Å². The maximum Gasteiger partial charge on any atom is 0.407 e. The quantitative estimate of drug-likeness (QED) is 0.447. The van der Waals surface area contributed by atoms with Gasteiger partial charge in [-0.2, -0.15) is 0 Å². The van der Waals surface area contributed by atoms with Gasteiger partial charge in [0.05, 0.1) is 28.1 Å². The third-order valence-electron chi connectivity index (χ3n) is 5.83. The molecule has 0 aliphatic heterocycles. The van der Waals surface area contributed by atoms with Crippen LogP contribution in [0.4, 0.5) is 10.6 Å². The second-order valence-corrected chi connectivity index (χ2v) is 8.71. The second-order valence-electron chi connectivity index (χ2n) is 7.86. The van der Waals surface area contributed by atoms with E-state index >= 15 is 0 Å². The van der Waals surface area contributed by atoms with Gasteiger partial charge >= 0.3 is 6.09 Å². The van der Waals surface area contributed by atoms with Crippen LogP contribution in [-0.2, 0) is 24.0 Å². The highest BCUT2D eigenvalue weighted by atomic mass is 35.5. The fourth-order valence-corrected chi connectivity index (χ4v) is 4.69. The number of hydrogen-bond acceptors (Lipinski definition) is 5. The third-order valence-corrected chi connectivity index (χ3v) is 6.38. The summed E-state index contributed by atoms with van der Waals surface area (Å²) in [5.74, 6) is 0.690. The number of aromatic nitrogens is 2. The number of fused-ring (bicyclic) bond motifs is 1. The van der Waals surface area contributed by atoms with E-state index in [1.807, 2.05) is 32.0 Å². The zero-order valence-corrected chi connectivity index (χ0v) is 20.3. The Balaban J connectivity index is 1.74. The summed E-state index contributed by atoms with van der Waals surface area (Å²) < 4.78 is 5.69. The monoisotopic (exact) mass is 484 g/mol. The Labute approximate surface area is 203 Å². The number of halogens is 2. The lowest BCUT2D eigenvalue weighted by Gasteiger charge is -2.24. The molecule has 8 heteroatoms. The van der Waals surface area contributed by atoms with Crippen LogP contribution in [0.5, 0.6) is 0 Å². The Morgan fingerprint density at radius 1 is 1.09 bits per heavy atom. The van der Waals surface area contributed by atoms with Gasteiger partial charge in [0.25, 0.3) is 0 Å². The summed E-state index contributed by atoms with van der Waals surface area (Å²) in [6.07, 6.45) is 1.18. The minimum atomic E-state index is -0.455. The highest BCUT2D eigenvalue weighted by Crippen LogP contribution is 2.38. The van der Waals surface area contributed by atoms with Crippen molar-refractivity contribution in [3.05, 3.63) is 75.0 Å². The Morgan fingerprint density at radius 2 is 1.85 bits per heavy atom. The molecular formula is C25H26Cl2N4O2. The number of nitrogens with zero attached hydrogens (tertiary/aromatic N) is 2. The van der Waals surface area contributed by atoms with Gasteiger partial charge in [-0.05, 0) is 42.2 Å². The molecule has 2 aromatic carbocycles. The third kappa shape index (κ3) is 4.77. The Hall–Kier alpha value is -2.83. The van der Waals surface area contributed by atoms with Gasteiger partial charge in [-0.15, -0.1) is 0 Å². The molecule has 4 rings (SSSR count). The standard InChI is InChI=1S/C25H26Cl2N4O2/c1-4-19-22(17-11-10-15(26)13-18(17)27)29-20(5-2)24(30-19)31-23-16-9-7-6-8-14(16)12-21(23)33-25(32)28-3/h6-11,13,21,23H,4-5,12H2,1-3H3,(H,28,32)(H,30,31). The molecule has 0 spiro atoms. The fourth-order valence-electron chi connectivity index (χ4n) is 4.19. The number of amides is 1. The van der Waals surface area contributed by atoms with Crippen LogP contribution < -0.4 is 10.6 Å². The van der Waals surface area contributed by atoms with Crippen LogP contribution in [0, 0.1) is 0 Å². The van der Waals surface area contributed by atoms with Crippen LogP contribution in [0.1, 0.15) is 42.4 Å². The van der Waals surface area contributed by atoms with Crippen molar-refractivity contribution in [3.8, 4) is 11.3 Å². The van der Waals surface area contributed by atoms with Crippen molar-refractivity contribution < 1.29 is 9.53 Å². The number of nitrogens with one attached hydrogen (secondary N) is 2. The van der Waals surface area contributed by atoms with Crippen LogP contribution in [0.3, 0.4) is 0 Å². The second kappa shape index (κ2) is 9.98. The van der Waals surface area contributed by atoms with E-state index < -0.39 is 6.09 Å². The molecule has 2 unspecified atom stereocenters. The molecule has 3 aromatic rings. The number of carbonyl (C=O) groups is 1. The SMILES string of the molecule is CCc1nc(-c2ccc(Cl)cc2Cl)c(CC)nc1NC1c2ccccc2CC1OC(=O)NC. The number of ether oxygens (including phenoxy) is 1. The van der Waals surface area contributed by atoms with Gasteiger partial charge in [-0.3, -0.25) is 0 Å². The van der Waals surface area contributed by atoms with E-state index in [-0.39, 0.29) is 12.1 Å². The smallest absolute Gasteiger partial charge is 0.407 e. The number of aryl methyl sites for hydroxylation is 2. The number of hydrogen-bond donors (Lipinski definition) is 2. The zero-order valence-electron chi connectivity index (χ0n) is 18.8. The van der Waals surface area contributed by atoms with Gasteiger partial charge in [-0.25, -0.2) is 14.8 Å². The first-order valence-electron chi connectivity index (χ1n) is 11.0. The van der Waals surface area contributed by atoms with Gasteiger partial charge in [0.1, 0.15) is 11.9 Å². The Kier molecular flexibility index (Phi) is 7.05. The first-order valence-corrected chi connectivity index (χ1v) is 11.8. The molecular weight excluding hydrogens is 459 g/mol. The minimum absolute atomic E-state index is 0.229. The van der Waals surface area contributed by atoms with Crippen LogP contribution in [0.15, 0.2) is 42.5 Å². The average Bonchev–Trinajstić information content (AvgIpc) is 3.15. The maximum atomic E-state index is 12.0. The van der Waals surface area contributed by atoms with Gasteiger partial charge < -0.3 is 15.4 Å². The normalized spacial score (nSPS) is 16.9. The first-order chi connectivity index (χ1) is 15.9. The van der Waals surface area contributed by atoms with Crippen molar-refractivity contribution in [1.29, 1.82) is 0 Å². The van der Waals surface area contributed by atoms with Gasteiger partial charge in [-0.1, -0.05) is 61.3 Å². The molecule has 0 radical (unpaired) electrons. The van der Waals surface area contributed by atoms with E-state index in [1.54, 1.807) is 19.2 Å². The van der Waals surface area contributed by atoms with Crippen LogP contribution in [0.2, 0.25) is 10.0 Å². The van der Waals surface area contributed by atoms with Gasteiger partial charge in [0, 0.05) is 24.1 Å². The van der Waals surface area contributed by atoms with Crippen molar-refractivity contribution >= 4 is 35.1 Å². The van der Waals surface area contributed by atoms with Gasteiger partial charge in [0.15, 0.2) is 0 Å². The van der Waals surface area contributed by atoms with Crippen LogP contribution in [-0.4, -0.2) is 29.2 Å². The summed E-state index contributed by atoms with van der Waals surface area (Å²) in [5.41, 5.74) is 5.45. The van der Waals surface area contributed by atoms with E-state index in [4.69, 9.17) is 37.9 Å². The van der Waals surface area contributed by atoms with Crippen molar-refractivity contribution in [2.45, 2.75) is 45.3 Å². The lowest BCUT2D eigenvalue weighted by atomic mass is 10.1. The van der Waals surface area contributed by atoms with E-state index in [9.17, 15) is 4.79 Å². The number of alkyl carbamates (subject to hydrolysis) is 1. The molecule has 0 bridgehead atoms. The van der Waals surface area contributed by atoms with Crippen LogP contribution >= 0.6 is 23.2 Å². The number of benzene rings is 2. The molecule has 6 nitrogen and oxygen atoms in total. The summed E-state index contributed by atoms with van der Waals surface area (Å²) >= 11 is 12.6. The summed E-state index contributed by atoms with van der Waals surface area (Å²) in [4.78, 5) is 21.9. The molecule has 1 heterocycles. The molecule has 1 aliphatic rings. The van der Waals surface area contributed by atoms with Crippen molar-refractivity contribution in [2.75, 3.05) is 12.4 Å². The highest BCUT2D eigenvalue weighted by molar-refractivity contribution is 6.36. The van der Waals surface area contributed by atoms with Gasteiger partial charge in [0.2, 0.25) is 0 Å². The molecule has 1 aliphatic carbocycles. The average molecular weight is 485 g/mol. The topological polar surface area (TPSA) is 76.1 Å². The molecule has 33 heavy (non-hydrogen) atoms. The first kappa shape index (κ1) is 23.3. The Morgan fingerprint density at radius 3 is 2.55 bits per heavy atom. The highest BCUT2D eigenvalue weighted by Gasteiger charge is 2.36. The molecule has 2 atom stereocenters. The van der Waals surface area contributed by atoms with Crippen molar-refractivity contribution in [3.63, 3.8) is 0 Å². The summed E-state index contributed by atoms with van der Waals surface area (Å²) in [5, 5.41) is 7.20. The predicted octanol–water partition coefficient (Wildman–Crippen LogP) is 6.01. The number of carbonyl (C=O) groups excluding carboxylic acids is 1. The molecule has 0 saturated heterocycles. The Bertz CT molecular complexity index is 1190. The van der Waals surface area contributed by atoms with Crippen molar-refractivity contribution in [2.24, 2.45) is 0 Å². The lowest BCUT2D eigenvalue weighted by Crippen LogP contribution is -2.32. The molecule has 1 aromatic heterocycles. The predicted molar refractivity (Wildman–Crippen MR) is 132 cm³/mol. The molecule has 1 amide bonds. The number of anilines is 1. The summed E-state index contributed by atoms with van der Waals surface area (Å²) in [7, 11) is 1.56. The molecule has 0 fully saturated rings. The van der Waals surface area contributed by atoms with E-state index in [2.05, 4.69) is 22.8 Å².